The summed E-state index contributed by atoms with van der Waals surface area (Å²) in [7, 11) is 0. The van der Waals surface area contributed by atoms with Gasteiger partial charge in [-0.1, -0.05) is 51.8 Å². The second-order valence-corrected chi connectivity index (χ2v) is 8.58. The van der Waals surface area contributed by atoms with Gasteiger partial charge in [0, 0.05) is 10.2 Å². The normalized spacial score (nSPS) is 11.5. The van der Waals surface area contributed by atoms with E-state index in [2.05, 4.69) is 21.2 Å². The van der Waals surface area contributed by atoms with E-state index in [9.17, 15) is 23.2 Å². The van der Waals surface area contributed by atoms with Crippen molar-refractivity contribution in [2.75, 3.05) is 11.9 Å². The highest BCUT2D eigenvalue weighted by Crippen LogP contribution is 2.36. The number of ether oxygens (including phenoxy) is 2. The fraction of sp³-hybridized carbons (Fsp3) is 0.185. The number of nitrogens with zero attached hydrogens (tertiary/aromatic N) is 1. The molecule has 186 valence electrons. The van der Waals surface area contributed by atoms with E-state index in [1.807, 2.05) is 38.1 Å². The first-order valence-electron chi connectivity index (χ1n) is 10.9. The molecule has 0 bridgehead atoms. The lowest BCUT2D eigenvalue weighted by atomic mass is 10.1. The molecular weight excluding hydrogens is 537 g/mol. The van der Waals surface area contributed by atoms with Crippen molar-refractivity contribution in [2.45, 2.75) is 26.6 Å². The van der Waals surface area contributed by atoms with Gasteiger partial charge < -0.3 is 14.8 Å². The first kappa shape index (κ1) is 26.8. The molecule has 0 aliphatic rings. The van der Waals surface area contributed by atoms with Crippen LogP contribution in [0.3, 0.4) is 0 Å². The zero-order chi connectivity index (χ0) is 26.3. The summed E-state index contributed by atoms with van der Waals surface area (Å²) in [4.78, 5) is 12.6. The van der Waals surface area contributed by atoms with Gasteiger partial charge in [0.1, 0.15) is 18.2 Å². The summed E-state index contributed by atoms with van der Waals surface area (Å²) in [6.07, 6.45) is -3.24. The van der Waals surface area contributed by atoms with E-state index in [-0.39, 0.29) is 11.3 Å². The Labute approximate surface area is 215 Å². The van der Waals surface area contributed by atoms with Crippen LogP contribution in [0, 0.1) is 18.3 Å². The standard InChI is InChI=1S/C27H22BrF3N2O3/c1-3-35-24-12-19(23(28)14-25(24)36-16-18-9-7-17(2)8-10-18)11-20(15-32)26(34)33-22-6-4-5-21(13-22)27(29,30)31/h4-14H,3,16H2,1-2H3,(H,33,34)/b20-11-. The number of hydrogen-bond acceptors (Lipinski definition) is 4. The maximum Gasteiger partial charge on any atom is 0.416 e. The Morgan fingerprint density at radius 2 is 1.78 bits per heavy atom. The lowest BCUT2D eigenvalue weighted by Crippen LogP contribution is -2.14. The summed E-state index contributed by atoms with van der Waals surface area (Å²) in [5.74, 6) is 0.0318. The molecule has 9 heteroatoms. The van der Waals surface area contributed by atoms with Crippen LogP contribution in [-0.2, 0) is 17.6 Å². The topological polar surface area (TPSA) is 71.3 Å². The van der Waals surface area contributed by atoms with Crippen molar-refractivity contribution in [1.82, 2.24) is 0 Å². The van der Waals surface area contributed by atoms with Gasteiger partial charge in [-0.2, -0.15) is 18.4 Å². The van der Waals surface area contributed by atoms with Crippen LogP contribution < -0.4 is 14.8 Å². The molecule has 0 spiro atoms. The molecule has 5 nitrogen and oxygen atoms in total. The molecule has 0 aliphatic heterocycles. The number of benzene rings is 3. The Bertz CT molecular complexity index is 1310. The van der Waals surface area contributed by atoms with Gasteiger partial charge in [-0.15, -0.1) is 0 Å². The molecule has 0 aromatic heterocycles. The van der Waals surface area contributed by atoms with Crippen LogP contribution in [0.2, 0.25) is 0 Å². The number of carbonyl (C=O) groups excluding carboxylic acids is 1. The number of aryl methyl sites for hydroxylation is 1. The highest BCUT2D eigenvalue weighted by atomic mass is 79.9. The fourth-order valence-corrected chi connectivity index (χ4v) is 3.60. The summed E-state index contributed by atoms with van der Waals surface area (Å²) in [5.41, 5.74) is 1.28. The number of hydrogen-bond donors (Lipinski definition) is 1. The third-order valence-corrected chi connectivity index (χ3v) is 5.68. The van der Waals surface area contributed by atoms with E-state index >= 15 is 0 Å². The molecule has 0 atom stereocenters. The van der Waals surface area contributed by atoms with Crippen LogP contribution in [0.15, 0.2) is 70.7 Å². The smallest absolute Gasteiger partial charge is 0.416 e. The zero-order valence-electron chi connectivity index (χ0n) is 19.4. The number of amides is 1. The van der Waals surface area contributed by atoms with E-state index in [4.69, 9.17) is 9.47 Å². The van der Waals surface area contributed by atoms with Gasteiger partial charge in [0.25, 0.3) is 5.91 Å². The average molecular weight is 559 g/mol. The molecule has 1 amide bonds. The summed E-state index contributed by atoms with van der Waals surface area (Å²) in [6, 6.07) is 17.2. The van der Waals surface area contributed by atoms with E-state index in [1.54, 1.807) is 18.2 Å². The zero-order valence-corrected chi connectivity index (χ0v) is 21.0. The lowest BCUT2D eigenvalue weighted by molar-refractivity contribution is -0.137. The molecule has 0 saturated carbocycles. The number of rotatable bonds is 8. The Morgan fingerprint density at radius 1 is 1.08 bits per heavy atom. The van der Waals surface area contributed by atoms with Gasteiger partial charge in [0.15, 0.2) is 11.5 Å². The molecule has 3 aromatic rings. The molecule has 3 aromatic carbocycles. The number of alkyl halides is 3. The molecule has 3 rings (SSSR count). The first-order valence-corrected chi connectivity index (χ1v) is 11.6. The van der Waals surface area contributed by atoms with Crippen molar-refractivity contribution in [3.05, 3.63) is 93.0 Å². The highest BCUT2D eigenvalue weighted by Gasteiger charge is 2.30. The van der Waals surface area contributed by atoms with E-state index in [0.717, 1.165) is 23.3 Å². The second-order valence-electron chi connectivity index (χ2n) is 7.73. The summed E-state index contributed by atoms with van der Waals surface area (Å²) in [6.45, 7) is 4.47. The quantitative estimate of drug-likeness (QED) is 0.232. The van der Waals surface area contributed by atoms with Crippen molar-refractivity contribution in [1.29, 1.82) is 5.26 Å². The van der Waals surface area contributed by atoms with E-state index < -0.39 is 17.6 Å². The maximum atomic E-state index is 13.0. The number of nitriles is 1. The Balaban J connectivity index is 1.84. The van der Waals surface area contributed by atoms with Gasteiger partial charge in [-0.05, 0) is 61.4 Å². The Kier molecular flexibility index (Phi) is 8.78. The molecule has 0 radical (unpaired) electrons. The maximum absolute atomic E-state index is 13.0. The molecule has 36 heavy (non-hydrogen) atoms. The SMILES string of the molecule is CCOc1cc(/C=C(/C#N)C(=O)Nc2cccc(C(F)(F)F)c2)c(Br)cc1OCc1ccc(C)cc1. The number of halogens is 4. The molecule has 0 unspecified atom stereocenters. The minimum absolute atomic E-state index is 0.0788. The average Bonchev–Trinajstić information content (AvgIpc) is 2.83. The third kappa shape index (κ3) is 7.12. The van der Waals surface area contributed by atoms with Gasteiger partial charge >= 0.3 is 6.18 Å². The van der Waals surface area contributed by atoms with Crippen LogP contribution in [0.5, 0.6) is 11.5 Å². The van der Waals surface area contributed by atoms with Crippen LogP contribution >= 0.6 is 15.9 Å². The van der Waals surface area contributed by atoms with Crippen LogP contribution in [0.4, 0.5) is 18.9 Å². The summed E-state index contributed by atoms with van der Waals surface area (Å²) in [5, 5.41) is 11.9. The van der Waals surface area contributed by atoms with Crippen molar-refractivity contribution in [3.63, 3.8) is 0 Å². The third-order valence-electron chi connectivity index (χ3n) is 4.99. The number of anilines is 1. The fourth-order valence-electron chi connectivity index (χ4n) is 3.16. The summed E-state index contributed by atoms with van der Waals surface area (Å²) < 4.78 is 51.0. The number of carbonyl (C=O) groups is 1. The van der Waals surface area contributed by atoms with Crippen molar-refractivity contribution in [2.24, 2.45) is 0 Å². The van der Waals surface area contributed by atoms with Crippen molar-refractivity contribution < 1.29 is 27.4 Å². The predicted molar refractivity (Wildman–Crippen MR) is 134 cm³/mol. The molecule has 0 aliphatic carbocycles. The van der Waals surface area contributed by atoms with Gasteiger partial charge in [-0.3, -0.25) is 4.79 Å². The molecule has 0 heterocycles. The minimum atomic E-state index is -4.56. The largest absolute Gasteiger partial charge is 0.490 e. The molecular formula is C27H22BrF3N2O3. The first-order chi connectivity index (χ1) is 17.1. The predicted octanol–water partition coefficient (Wildman–Crippen LogP) is 7.30. The highest BCUT2D eigenvalue weighted by molar-refractivity contribution is 9.10. The van der Waals surface area contributed by atoms with Crippen LogP contribution in [-0.4, -0.2) is 12.5 Å². The molecule has 1 N–H and O–H groups in total. The van der Waals surface area contributed by atoms with Crippen LogP contribution in [0.1, 0.15) is 29.2 Å². The Hall–Kier alpha value is -3.77. The monoisotopic (exact) mass is 558 g/mol. The van der Waals surface area contributed by atoms with Gasteiger partial charge in [0.05, 0.1) is 12.2 Å². The van der Waals surface area contributed by atoms with Gasteiger partial charge in [0.2, 0.25) is 0 Å². The lowest BCUT2D eigenvalue weighted by Gasteiger charge is -2.14. The van der Waals surface area contributed by atoms with Crippen LogP contribution in [0.25, 0.3) is 6.08 Å². The molecule has 0 saturated heterocycles. The van der Waals surface area contributed by atoms with E-state index in [1.165, 1.54) is 18.2 Å². The van der Waals surface area contributed by atoms with Crippen molar-refractivity contribution in [3.8, 4) is 17.6 Å². The summed E-state index contributed by atoms with van der Waals surface area (Å²) >= 11 is 3.43. The van der Waals surface area contributed by atoms with Crippen molar-refractivity contribution >= 4 is 33.6 Å². The molecule has 0 fully saturated rings. The Morgan fingerprint density at radius 3 is 2.42 bits per heavy atom. The van der Waals surface area contributed by atoms with E-state index in [0.29, 0.717) is 34.7 Å². The second kappa shape index (κ2) is 11.8. The number of nitrogens with one attached hydrogen (secondary N) is 1. The van der Waals surface area contributed by atoms with Gasteiger partial charge in [-0.25, -0.2) is 0 Å². The minimum Gasteiger partial charge on any atom is -0.490 e.